The van der Waals surface area contributed by atoms with Gasteiger partial charge >= 0.3 is 17.8 Å². The van der Waals surface area contributed by atoms with E-state index in [1.807, 2.05) is 71.0 Å². The minimum atomic E-state index is -5.78. The fourth-order valence-electron chi connectivity index (χ4n) is 8.36. The van der Waals surface area contributed by atoms with E-state index in [1.54, 1.807) is 36.4 Å². The van der Waals surface area contributed by atoms with Gasteiger partial charge in [-0.15, -0.1) is 45.3 Å². The Labute approximate surface area is 465 Å². The lowest BCUT2D eigenvalue weighted by Crippen LogP contribution is -2.48. The van der Waals surface area contributed by atoms with Crippen molar-refractivity contribution in [2.24, 2.45) is 0 Å². The molecule has 4 heterocycles. The summed E-state index contributed by atoms with van der Waals surface area (Å²) in [5, 5.41) is 0. The zero-order chi connectivity index (χ0) is 55.4. The zero-order valence-corrected chi connectivity index (χ0v) is 48.3. The van der Waals surface area contributed by atoms with Gasteiger partial charge in [-0.05, 0) is 127 Å². The van der Waals surface area contributed by atoms with E-state index in [2.05, 4.69) is 20.8 Å². The second-order valence-corrected chi connectivity index (χ2v) is 24.7. The second-order valence-electron chi connectivity index (χ2n) is 20.3. The molecule has 0 saturated heterocycles. The molecular formula is C59H70F6O8S4. The van der Waals surface area contributed by atoms with E-state index >= 15 is 26.3 Å². The van der Waals surface area contributed by atoms with Crippen LogP contribution in [0.15, 0.2) is 84.9 Å². The predicted molar refractivity (Wildman–Crippen MR) is 301 cm³/mol. The summed E-state index contributed by atoms with van der Waals surface area (Å²) in [5.41, 5.74) is -2.77. The lowest BCUT2D eigenvalue weighted by molar-refractivity contribution is -0.254. The quantitative estimate of drug-likeness (QED) is 0.0326. The van der Waals surface area contributed by atoms with Crippen molar-refractivity contribution in [3.8, 4) is 41.4 Å². The summed E-state index contributed by atoms with van der Waals surface area (Å²) in [6.45, 7) is 22.0. The van der Waals surface area contributed by atoms with Crippen molar-refractivity contribution >= 4 is 56.5 Å². The van der Waals surface area contributed by atoms with E-state index < -0.39 is 28.9 Å². The molecule has 0 unspecified atom stereocenters. The van der Waals surface area contributed by atoms with Crippen LogP contribution in [0.3, 0.4) is 0 Å². The van der Waals surface area contributed by atoms with E-state index in [9.17, 15) is 0 Å². The highest BCUT2D eigenvalue weighted by Crippen LogP contribution is 2.67. The van der Waals surface area contributed by atoms with Crippen molar-refractivity contribution in [3.05, 3.63) is 116 Å². The van der Waals surface area contributed by atoms with Gasteiger partial charge in [0.2, 0.25) is 0 Å². The van der Waals surface area contributed by atoms with Crippen LogP contribution in [-0.2, 0) is 52.1 Å². The molecule has 7 rings (SSSR count). The van der Waals surface area contributed by atoms with Crippen molar-refractivity contribution in [3.63, 3.8) is 0 Å². The molecule has 0 atom stereocenters. The van der Waals surface area contributed by atoms with Gasteiger partial charge < -0.3 is 37.9 Å². The first-order valence-electron chi connectivity index (χ1n) is 26.0. The highest BCUT2D eigenvalue weighted by Gasteiger charge is 2.80. The molecule has 0 radical (unpaired) electrons. The lowest BCUT2D eigenvalue weighted by atomic mass is 9.92. The first kappa shape index (κ1) is 60.6. The van der Waals surface area contributed by atoms with Crippen LogP contribution in [0.2, 0.25) is 0 Å². The van der Waals surface area contributed by atoms with E-state index in [0.717, 1.165) is 42.9 Å². The van der Waals surface area contributed by atoms with Crippen molar-refractivity contribution in [2.45, 2.75) is 96.8 Å². The molecule has 1 aliphatic rings. The van der Waals surface area contributed by atoms with Gasteiger partial charge in [-0.25, -0.2) is 0 Å². The second kappa shape index (κ2) is 26.9. The number of hydrogen-bond donors (Lipinski definition) is 0. The standard InChI is InChI=1S/C59H70F6O8S4/c1-9-66-25-27-68-29-31-70-33-35-72-41-16-11-39(12-17-41)13-20-45-43(37-48(74-45)46-21-23-50(75-46)55(3,4)5)52-53(58(62,63)59(64,65)57(52,60)61)44-38-49(47-22-24-51(76-47)56(6,7)8)77-54(44)40-14-18-42(19-15-40)73-36-34-71-32-30-69-28-26-67-10-2/h11-12,14-19,21-24,37-38H,9-10,13,20,25-36H2,1-8H3. The fraction of sp³-hybridized carbons (Fsp3) is 0.492. The molecule has 0 fully saturated rings. The van der Waals surface area contributed by atoms with Crippen molar-refractivity contribution in [2.75, 3.05) is 92.5 Å². The zero-order valence-electron chi connectivity index (χ0n) is 45.1. The molecule has 420 valence electrons. The molecule has 0 spiro atoms. The number of aryl methyl sites for hydroxylation is 2. The molecule has 1 aliphatic carbocycles. The van der Waals surface area contributed by atoms with Gasteiger partial charge in [-0.2, -0.15) is 26.3 Å². The van der Waals surface area contributed by atoms with Gasteiger partial charge in [0.25, 0.3) is 0 Å². The average Bonchev–Trinajstić information content (AvgIpc) is 4.43. The minimum Gasteiger partial charge on any atom is -0.491 e. The number of ether oxygens (including phenoxy) is 8. The summed E-state index contributed by atoms with van der Waals surface area (Å²) in [5.74, 6) is -15.3. The molecule has 8 nitrogen and oxygen atoms in total. The Hall–Kier alpha value is -4.08. The van der Waals surface area contributed by atoms with Gasteiger partial charge in [0.1, 0.15) is 24.7 Å². The summed E-state index contributed by atoms with van der Waals surface area (Å²) >= 11 is 5.16. The van der Waals surface area contributed by atoms with Crippen LogP contribution >= 0.6 is 45.3 Å². The summed E-state index contributed by atoms with van der Waals surface area (Å²) in [6.07, 6.45) is 0.397. The third-order valence-corrected chi connectivity index (χ3v) is 18.3. The monoisotopic (exact) mass is 1150 g/mol. The molecule has 6 aromatic rings. The summed E-state index contributed by atoms with van der Waals surface area (Å²) < 4.78 is 146. The largest absolute Gasteiger partial charge is 0.491 e. The smallest absolute Gasteiger partial charge is 0.380 e. The van der Waals surface area contributed by atoms with Crippen LogP contribution in [0.1, 0.15) is 86.7 Å². The van der Waals surface area contributed by atoms with Crippen LogP contribution in [-0.4, -0.2) is 110 Å². The van der Waals surface area contributed by atoms with E-state index in [-0.39, 0.29) is 51.3 Å². The Bertz CT molecular complexity index is 2820. The van der Waals surface area contributed by atoms with Crippen LogP contribution < -0.4 is 9.47 Å². The predicted octanol–water partition coefficient (Wildman–Crippen LogP) is 16.0. The molecular weight excluding hydrogens is 1080 g/mol. The fourth-order valence-corrected chi connectivity index (χ4v) is 13.0. The van der Waals surface area contributed by atoms with E-state index in [1.165, 1.54) is 34.8 Å². The maximum absolute atomic E-state index is 17.1. The third-order valence-electron chi connectivity index (χ3n) is 12.5. The van der Waals surface area contributed by atoms with Gasteiger partial charge in [-0.3, -0.25) is 0 Å². The summed E-state index contributed by atoms with van der Waals surface area (Å²) in [6, 6.07) is 24.2. The number of halogens is 6. The lowest BCUT2D eigenvalue weighted by Gasteiger charge is -2.26. The number of thiophene rings is 4. The van der Waals surface area contributed by atoms with Crippen molar-refractivity contribution in [1.82, 2.24) is 0 Å². The molecule has 2 aromatic carbocycles. The van der Waals surface area contributed by atoms with E-state index in [4.69, 9.17) is 37.9 Å². The Morgan fingerprint density at radius 3 is 1.26 bits per heavy atom. The Kier molecular flexibility index (Phi) is 21.2. The van der Waals surface area contributed by atoms with Gasteiger partial charge in [0, 0.05) is 68.9 Å². The SMILES string of the molecule is CCOCCOCCOCCOc1ccc(CCc2sc(-c3ccc(C(C)(C)C)s3)cc2C2=C(c3cc(-c4ccc(C(C)(C)C)s4)sc3-c3ccc(OCCOCCOCCOCC)cc3)C(F)(F)C(F)(F)C2(F)F)cc1. The van der Waals surface area contributed by atoms with Gasteiger partial charge in [0.15, 0.2) is 0 Å². The highest BCUT2D eigenvalue weighted by molar-refractivity contribution is 7.24. The molecule has 0 amide bonds. The van der Waals surface area contributed by atoms with Crippen LogP contribution in [0, 0.1) is 0 Å². The van der Waals surface area contributed by atoms with Crippen molar-refractivity contribution < 1.29 is 64.2 Å². The summed E-state index contributed by atoms with van der Waals surface area (Å²) in [4.78, 5) is 4.87. The number of alkyl halides is 6. The maximum Gasteiger partial charge on any atom is 0.380 e. The van der Waals surface area contributed by atoms with Gasteiger partial charge in [-0.1, -0.05) is 53.7 Å². The van der Waals surface area contributed by atoms with Gasteiger partial charge in [0.05, 0.1) is 66.1 Å². The van der Waals surface area contributed by atoms with Crippen LogP contribution in [0.5, 0.6) is 11.5 Å². The number of allylic oxidation sites excluding steroid dienone is 2. The number of hydrogen-bond acceptors (Lipinski definition) is 12. The van der Waals surface area contributed by atoms with E-state index in [0.29, 0.717) is 117 Å². The molecule has 18 heteroatoms. The minimum absolute atomic E-state index is 0.101. The maximum atomic E-state index is 17.1. The summed E-state index contributed by atoms with van der Waals surface area (Å²) in [7, 11) is 0. The highest BCUT2D eigenvalue weighted by atomic mass is 32.1. The number of rotatable bonds is 30. The molecule has 0 N–H and O–H groups in total. The first-order chi connectivity index (χ1) is 36.7. The Morgan fingerprint density at radius 2 is 0.818 bits per heavy atom. The topological polar surface area (TPSA) is 73.8 Å². The van der Waals surface area contributed by atoms with Crippen LogP contribution in [0.4, 0.5) is 26.3 Å². The normalized spacial score (nSPS) is 15.2. The van der Waals surface area contributed by atoms with Crippen LogP contribution in [0.25, 0.3) is 41.1 Å². The molecule has 0 saturated carbocycles. The third kappa shape index (κ3) is 15.0. The first-order valence-corrected chi connectivity index (χ1v) is 29.2. The Morgan fingerprint density at radius 1 is 0.416 bits per heavy atom. The number of benzene rings is 2. The van der Waals surface area contributed by atoms with Crippen molar-refractivity contribution in [1.29, 1.82) is 0 Å². The molecule has 4 aromatic heterocycles. The molecule has 77 heavy (non-hydrogen) atoms. The molecule has 0 aliphatic heterocycles. The Balaban J connectivity index is 1.23. The molecule has 0 bridgehead atoms. The average molecular weight is 1150 g/mol.